The molecule has 0 aliphatic rings. The standard InChI is InChI=1S/2C15H21N3O.2C6H8O7/c2*1-17(2)11-12-19-15(13-7-5-4-6-8-13)14-9-10-16-18(14)3;2*7-3(8)1-6(13,5(11)12)2-4(9)10/h2*4-10,15H,11-12H2,1-3H3;2*13H,1-2H2,(H,7,8)(H,9,10)(H,11,12)/i2*3D3,11D2,12D2;;. The zero-order valence-electron chi connectivity index (χ0n) is 48.6. The summed E-state index contributed by atoms with van der Waals surface area (Å²) in [5.41, 5.74) is -4.34. The molecule has 0 bridgehead atoms. The summed E-state index contributed by atoms with van der Waals surface area (Å²) in [5.74, 6) is -10.4. The molecule has 64 heavy (non-hydrogen) atoms. The van der Waals surface area contributed by atoms with Crippen molar-refractivity contribution < 1.29 is 103 Å². The maximum absolute atomic E-state index is 10.3. The van der Waals surface area contributed by atoms with E-state index in [-0.39, 0.29) is 16.3 Å². The van der Waals surface area contributed by atoms with Crippen molar-refractivity contribution in [2.45, 2.75) is 49.1 Å². The van der Waals surface area contributed by atoms with Gasteiger partial charge in [0.1, 0.15) is 18.7 Å². The van der Waals surface area contributed by atoms with E-state index in [1.165, 1.54) is 52.7 Å². The van der Waals surface area contributed by atoms with Gasteiger partial charge >= 0.3 is 29.8 Å². The number of nitrogens with zero attached hydrogens (tertiary/aromatic N) is 5. The summed E-state index contributed by atoms with van der Waals surface area (Å²) < 4.78 is 123. The molecule has 4 aromatic rings. The Hall–Kier alpha value is -6.56. The number of hydrogen-bond acceptors (Lipinski definition) is 14. The first-order chi connectivity index (χ1) is 35.3. The number of ether oxygens (including phenoxy) is 2. The van der Waals surface area contributed by atoms with E-state index in [4.69, 9.17) is 64.4 Å². The minimum Gasteiger partial charge on any atom is -0.550 e. The van der Waals surface area contributed by atoms with E-state index in [2.05, 4.69) is 10.2 Å². The van der Waals surface area contributed by atoms with E-state index in [9.17, 15) is 33.9 Å². The Morgan fingerprint density at radius 3 is 1.38 bits per heavy atom. The van der Waals surface area contributed by atoms with Gasteiger partial charge in [0.15, 0.2) is 11.2 Å². The number of carboxylic acids is 6. The maximum Gasteiger partial charge on any atom is 0.336 e. The van der Waals surface area contributed by atoms with Gasteiger partial charge in [-0.3, -0.25) is 23.7 Å². The van der Waals surface area contributed by atoms with E-state index in [0.29, 0.717) is 11.1 Å². The van der Waals surface area contributed by atoms with Crippen LogP contribution in [0.3, 0.4) is 0 Å². The Kier molecular flexibility index (Phi) is 15.4. The summed E-state index contributed by atoms with van der Waals surface area (Å²) in [7, 11) is 5.74. The van der Waals surface area contributed by atoms with Crippen LogP contribution in [0.25, 0.3) is 0 Å². The third-order valence-electron chi connectivity index (χ3n) is 7.57. The molecule has 3 atom stereocenters. The van der Waals surface area contributed by atoms with Gasteiger partial charge in [0.25, 0.3) is 0 Å². The van der Waals surface area contributed by atoms with Gasteiger partial charge in [0.2, 0.25) is 0 Å². The predicted octanol–water partition coefficient (Wildman–Crippen LogP) is -1.07. The number of benzene rings is 2. The minimum atomic E-state index is -2.80. The monoisotopic (exact) mass is 916 g/mol. The van der Waals surface area contributed by atoms with Crippen LogP contribution in [0.4, 0.5) is 0 Å². The van der Waals surface area contributed by atoms with Crippen LogP contribution in [0.5, 0.6) is 0 Å². The number of aryl methyl sites for hydroxylation is 2. The van der Waals surface area contributed by atoms with Gasteiger partial charge in [-0.05, 0) is 37.4 Å². The van der Waals surface area contributed by atoms with Gasteiger partial charge in [0.05, 0.1) is 66.1 Å². The van der Waals surface area contributed by atoms with Crippen molar-refractivity contribution in [1.82, 2.24) is 24.5 Å². The topological polar surface area (TPSA) is 329 Å². The molecule has 0 fully saturated rings. The summed E-state index contributed by atoms with van der Waals surface area (Å²) in [6.45, 7) is -15.4. The molecule has 4 rings (SSSR count). The van der Waals surface area contributed by atoms with Crippen molar-refractivity contribution in [2.24, 2.45) is 14.0 Å². The number of rotatable bonds is 22. The number of carbonyl (C=O) groups is 6. The highest BCUT2D eigenvalue weighted by Crippen LogP contribution is 2.26. The van der Waals surface area contributed by atoms with Crippen LogP contribution in [0.1, 0.15) is 79.6 Å². The van der Waals surface area contributed by atoms with E-state index in [1.807, 2.05) is 0 Å². The molecule has 352 valence electrons. The molecule has 22 nitrogen and oxygen atoms in total. The van der Waals surface area contributed by atoms with Crippen LogP contribution in [0, 0.1) is 0 Å². The average molecular weight is 917 g/mol. The Bertz CT molecular complexity index is 2430. The normalized spacial score (nSPS) is 17.3. The lowest BCUT2D eigenvalue weighted by atomic mass is 9.96. The lowest BCUT2D eigenvalue weighted by Crippen LogP contribution is -3.06. The third-order valence-corrected chi connectivity index (χ3v) is 7.57. The van der Waals surface area contributed by atoms with Crippen molar-refractivity contribution >= 4 is 35.8 Å². The molecule has 3 unspecified atom stereocenters. The van der Waals surface area contributed by atoms with Crippen LogP contribution in [-0.2, 0) is 52.2 Å². The van der Waals surface area contributed by atoms with E-state index in [0.717, 1.165) is 14.3 Å². The number of aliphatic hydroxyl groups is 2. The number of quaternary nitrogens is 1. The number of aliphatic carboxylic acids is 6. The Morgan fingerprint density at radius 1 is 0.688 bits per heavy atom. The predicted molar refractivity (Wildman–Crippen MR) is 223 cm³/mol. The van der Waals surface area contributed by atoms with E-state index in [1.54, 1.807) is 60.7 Å². The van der Waals surface area contributed by atoms with Gasteiger partial charge in [-0.15, -0.1) is 0 Å². The van der Waals surface area contributed by atoms with Crippen molar-refractivity contribution in [3.63, 3.8) is 0 Å². The smallest absolute Gasteiger partial charge is 0.336 e. The van der Waals surface area contributed by atoms with Crippen molar-refractivity contribution in [3.05, 3.63) is 108 Å². The molecule has 2 heterocycles. The van der Waals surface area contributed by atoms with Gasteiger partial charge < -0.3 is 64.9 Å². The summed E-state index contributed by atoms with van der Waals surface area (Å²) in [4.78, 5) is 62.1. The number of hydrogen-bond donors (Lipinski definition) is 8. The zero-order chi connectivity index (χ0) is 60.8. The number of nitrogens with one attached hydrogen (secondary N) is 1. The fraction of sp³-hybridized carbons (Fsp3) is 0.429. The molecule has 0 radical (unpaired) electrons. The van der Waals surface area contributed by atoms with Crippen molar-refractivity contribution in [1.29, 1.82) is 0 Å². The quantitative estimate of drug-likeness (QED) is 0.0465. The Balaban J connectivity index is 0.000000549. The molecule has 0 spiro atoms. The second kappa shape index (κ2) is 27.5. The highest BCUT2D eigenvalue weighted by Gasteiger charge is 2.41. The summed E-state index contributed by atoms with van der Waals surface area (Å²) in [5, 5.41) is 76.9. The highest BCUT2D eigenvalue weighted by atomic mass is 16.5. The molecule has 2 aromatic carbocycles. The number of likely N-dealkylation sites (N-methyl/N-ethyl adjacent to an activating group) is 2. The molecule has 0 aliphatic heterocycles. The Morgan fingerprint density at radius 2 is 1.06 bits per heavy atom. The lowest BCUT2D eigenvalue weighted by molar-refractivity contribution is -0.858. The van der Waals surface area contributed by atoms with Crippen molar-refractivity contribution in [3.8, 4) is 0 Å². The molecule has 0 saturated carbocycles. The van der Waals surface area contributed by atoms with Gasteiger partial charge in [-0.1, -0.05) is 60.7 Å². The molecule has 22 heteroatoms. The second-order valence-corrected chi connectivity index (χ2v) is 13.4. The van der Waals surface area contributed by atoms with Crippen LogP contribution in [0.15, 0.2) is 85.2 Å². The average Bonchev–Trinajstić information content (AvgIpc) is 3.99. The molecule has 8 N–H and O–H groups in total. The fourth-order valence-electron chi connectivity index (χ4n) is 4.66. The first-order valence-corrected chi connectivity index (χ1v) is 18.1. The molecular formula is C42H58N6O16. The molecule has 0 saturated heterocycles. The minimum absolute atomic E-state index is 0.106. The van der Waals surface area contributed by atoms with E-state index >= 15 is 0 Å². The highest BCUT2D eigenvalue weighted by molar-refractivity contribution is 5.88. The van der Waals surface area contributed by atoms with Gasteiger partial charge in [-0.2, -0.15) is 10.2 Å². The summed E-state index contributed by atoms with van der Waals surface area (Å²) >= 11 is 0. The number of carboxylic acid groups (broad SMARTS) is 6. The SMILES string of the molecule is O=C(O)CC(O)(CC(=O)O)C(=O)O.O=C([O-])CC(O)(CC(=O)O)C(=O)O.[2H]C([2H])([2H])n1nccc1C(OC([2H])([2H])C([2H])([2H])N(C)C)c1ccccc1.[2H]C([2H])([2H])n1nccc1C(OC([2H])([2H])C([2H])([2H])[NH+](C)C)c1ccccc1. The number of carbonyl (C=O) groups excluding carboxylic acids is 1. The fourth-order valence-corrected chi connectivity index (χ4v) is 4.66. The molecule has 0 aliphatic carbocycles. The van der Waals surface area contributed by atoms with Gasteiger partial charge in [0, 0.05) is 56.2 Å². The molecule has 2 aromatic heterocycles. The third kappa shape index (κ3) is 20.5. The summed E-state index contributed by atoms with van der Waals surface area (Å²) in [6, 6.07) is 19.8. The van der Waals surface area contributed by atoms with Crippen LogP contribution >= 0.6 is 0 Å². The van der Waals surface area contributed by atoms with Gasteiger partial charge in [-0.25, -0.2) is 9.59 Å². The largest absolute Gasteiger partial charge is 0.550 e. The van der Waals surface area contributed by atoms with E-state index < -0.39 is 125 Å². The van der Waals surface area contributed by atoms with Crippen molar-refractivity contribution in [2.75, 3.05) is 54.3 Å². The second-order valence-electron chi connectivity index (χ2n) is 13.4. The molecular weight excluding hydrogens is 844 g/mol. The zero-order valence-corrected chi connectivity index (χ0v) is 34.6. The Labute approximate surface area is 388 Å². The lowest BCUT2D eigenvalue weighted by Gasteiger charge is -2.21. The first-order valence-electron chi connectivity index (χ1n) is 25.1. The maximum atomic E-state index is 10.3. The first kappa shape index (κ1) is 35.9. The number of aromatic nitrogens is 4. The van der Waals surface area contributed by atoms with Crippen LogP contribution in [0.2, 0.25) is 0 Å². The summed E-state index contributed by atoms with van der Waals surface area (Å²) in [6.07, 6.45) is -4.46. The van der Waals surface area contributed by atoms with Crippen LogP contribution in [-0.4, -0.2) is 162 Å². The molecule has 0 amide bonds. The van der Waals surface area contributed by atoms with Crippen LogP contribution < -0.4 is 10.0 Å².